The van der Waals surface area contributed by atoms with Crippen LogP contribution in [0.15, 0.2) is 17.5 Å². The van der Waals surface area contributed by atoms with Crippen molar-refractivity contribution in [2.75, 3.05) is 0 Å². The Bertz CT molecular complexity index is 550. The third-order valence-electron chi connectivity index (χ3n) is 2.77. The molecule has 1 aromatic heterocycles. The van der Waals surface area contributed by atoms with Crippen molar-refractivity contribution in [1.82, 2.24) is 21.5 Å². The number of carbonyl (C=O) groups is 2. The van der Waals surface area contributed by atoms with Gasteiger partial charge in [0.1, 0.15) is 6.04 Å². The second-order valence-electron chi connectivity index (χ2n) is 6.49. The Kier molecular flexibility index (Phi) is 6.96. The molecule has 1 heterocycles. The second-order valence-corrected chi connectivity index (χ2v) is 7.85. The highest BCUT2D eigenvalue weighted by Crippen LogP contribution is 2.10. The molecule has 0 saturated carbocycles. The predicted octanol–water partition coefficient (Wildman–Crippen LogP) is 1.80. The van der Waals surface area contributed by atoms with Crippen LogP contribution < -0.4 is 21.5 Å². The van der Waals surface area contributed by atoms with E-state index in [9.17, 15) is 9.59 Å². The molecule has 128 valence electrons. The molecule has 0 aliphatic rings. The number of hydrogen-bond acceptors (Lipinski definition) is 4. The minimum atomic E-state index is -0.658. The molecule has 1 rings (SSSR count). The van der Waals surface area contributed by atoms with Crippen LogP contribution in [-0.2, 0) is 4.79 Å². The average molecular weight is 357 g/mol. The van der Waals surface area contributed by atoms with Gasteiger partial charge in [-0.05, 0) is 50.4 Å². The molecule has 2 amide bonds. The summed E-state index contributed by atoms with van der Waals surface area (Å²) < 4.78 is 0. The summed E-state index contributed by atoms with van der Waals surface area (Å²) in [5, 5.41) is 7.91. The number of thiocarbonyl (C=S) groups is 1. The third kappa shape index (κ3) is 6.96. The van der Waals surface area contributed by atoms with Crippen molar-refractivity contribution in [2.24, 2.45) is 5.92 Å². The Hall–Kier alpha value is -1.67. The predicted molar refractivity (Wildman–Crippen MR) is 97.2 cm³/mol. The average Bonchev–Trinajstić information content (AvgIpc) is 2.93. The molecule has 6 nitrogen and oxygen atoms in total. The van der Waals surface area contributed by atoms with E-state index in [1.54, 1.807) is 12.1 Å². The van der Waals surface area contributed by atoms with Gasteiger partial charge in [-0.15, -0.1) is 11.3 Å². The van der Waals surface area contributed by atoms with Gasteiger partial charge in [0, 0.05) is 5.54 Å². The Morgan fingerprint density at radius 2 is 1.87 bits per heavy atom. The van der Waals surface area contributed by atoms with E-state index < -0.39 is 6.04 Å². The summed E-state index contributed by atoms with van der Waals surface area (Å²) in [6.45, 7) is 9.61. The maximum absolute atomic E-state index is 12.3. The highest BCUT2D eigenvalue weighted by atomic mass is 32.1. The van der Waals surface area contributed by atoms with Crippen LogP contribution in [0.5, 0.6) is 0 Å². The first kappa shape index (κ1) is 19.4. The van der Waals surface area contributed by atoms with Gasteiger partial charge in [-0.3, -0.25) is 20.4 Å². The maximum atomic E-state index is 12.3. The molecule has 0 aliphatic heterocycles. The van der Waals surface area contributed by atoms with E-state index in [1.165, 1.54) is 11.3 Å². The number of amides is 2. The van der Waals surface area contributed by atoms with E-state index in [4.69, 9.17) is 12.2 Å². The van der Waals surface area contributed by atoms with Gasteiger partial charge in [0.2, 0.25) is 0 Å². The topological polar surface area (TPSA) is 82.3 Å². The molecule has 0 saturated heterocycles. The number of hydrazine groups is 1. The zero-order valence-electron chi connectivity index (χ0n) is 14.0. The Labute approximate surface area is 146 Å². The van der Waals surface area contributed by atoms with Gasteiger partial charge >= 0.3 is 0 Å². The van der Waals surface area contributed by atoms with Crippen LogP contribution in [0.2, 0.25) is 0 Å². The van der Waals surface area contributed by atoms with Crippen LogP contribution in [0, 0.1) is 5.92 Å². The number of thiophene rings is 1. The summed E-state index contributed by atoms with van der Waals surface area (Å²) in [6.07, 6.45) is 0. The molecule has 23 heavy (non-hydrogen) atoms. The fourth-order valence-corrected chi connectivity index (χ4v) is 2.71. The van der Waals surface area contributed by atoms with E-state index >= 15 is 0 Å². The Morgan fingerprint density at radius 1 is 1.22 bits per heavy atom. The zero-order valence-corrected chi connectivity index (χ0v) is 15.7. The van der Waals surface area contributed by atoms with Crippen LogP contribution in [0.1, 0.15) is 44.3 Å². The summed E-state index contributed by atoms with van der Waals surface area (Å²) in [7, 11) is 0. The molecule has 0 unspecified atom stereocenters. The van der Waals surface area contributed by atoms with Crippen molar-refractivity contribution < 1.29 is 9.59 Å². The smallest absolute Gasteiger partial charge is 0.262 e. The first-order valence-electron chi connectivity index (χ1n) is 7.32. The van der Waals surface area contributed by atoms with Crippen molar-refractivity contribution in [1.29, 1.82) is 0 Å². The molecule has 1 atom stereocenters. The molecule has 1 aromatic rings. The largest absolute Gasteiger partial charge is 0.357 e. The standard InChI is InChI=1S/C15H24N4O2S2/c1-9(2)11(16-12(20)10-7-6-8-23-10)13(21)18-19-14(22)17-15(3,4)5/h6-9,11H,1-5H3,(H,16,20)(H,18,21)(H2,17,19,22)/t11-/m1/s1. The van der Waals surface area contributed by atoms with Crippen molar-refractivity contribution in [3.8, 4) is 0 Å². The summed E-state index contributed by atoms with van der Waals surface area (Å²) >= 11 is 6.43. The molecule has 0 bridgehead atoms. The fourth-order valence-electron chi connectivity index (χ4n) is 1.72. The highest BCUT2D eigenvalue weighted by Gasteiger charge is 2.25. The molecule has 0 radical (unpaired) electrons. The lowest BCUT2D eigenvalue weighted by molar-refractivity contribution is -0.124. The quantitative estimate of drug-likeness (QED) is 0.488. The molecule has 0 aliphatic carbocycles. The van der Waals surface area contributed by atoms with E-state index in [0.717, 1.165) is 0 Å². The molecule has 8 heteroatoms. The molecule has 0 fully saturated rings. The monoisotopic (exact) mass is 356 g/mol. The SMILES string of the molecule is CC(C)[C@@H](NC(=O)c1cccs1)C(=O)NNC(=S)NC(C)(C)C. The molecule has 0 aromatic carbocycles. The lowest BCUT2D eigenvalue weighted by Crippen LogP contribution is -2.57. The maximum Gasteiger partial charge on any atom is 0.262 e. The van der Waals surface area contributed by atoms with Gasteiger partial charge < -0.3 is 10.6 Å². The lowest BCUT2D eigenvalue weighted by atomic mass is 10.0. The van der Waals surface area contributed by atoms with Crippen LogP contribution >= 0.6 is 23.6 Å². The second kappa shape index (κ2) is 8.26. The van der Waals surface area contributed by atoms with Gasteiger partial charge in [-0.2, -0.15) is 0 Å². The molecular weight excluding hydrogens is 332 g/mol. The van der Waals surface area contributed by atoms with E-state index in [1.807, 2.05) is 40.0 Å². The van der Waals surface area contributed by atoms with Gasteiger partial charge in [0.05, 0.1) is 4.88 Å². The van der Waals surface area contributed by atoms with Crippen molar-refractivity contribution >= 4 is 40.5 Å². The zero-order chi connectivity index (χ0) is 17.6. The normalized spacial score (nSPS) is 12.4. The number of hydrogen-bond donors (Lipinski definition) is 4. The Balaban J connectivity index is 2.58. The highest BCUT2D eigenvalue weighted by molar-refractivity contribution is 7.80. The minimum Gasteiger partial charge on any atom is -0.357 e. The van der Waals surface area contributed by atoms with Crippen molar-refractivity contribution in [2.45, 2.75) is 46.2 Å². The summed E-state index contributed by atoms with van der Waals surface area (Å²) in [6, 6.07) is 2.85. The third-order valence-corrected chi connectivity index (χ3v) is 3.84. The van der Waals surface area contributed by atoms with Crippen molar-refractivity contribution in [3.63, 3.8) is 0 Å². The lowest BCUT2D eigenvalue weighted by Gasteiger charge is -2.25. The molecule has 4 N–H and O–H groups in total. The van der Waals surface area contributed by atoms with Crippen LogP contribution in [0.4, 0.5) is 0 Å². The summed E-state index contributed by atoms with van der Waals surface area (Å²) in [5.41, 5.74) is 4.98. The number of carbonyl (C=O) groups excluding carboxylic acids is 2. The van der Waals surface area contributed by atoms with Crippen LogP contribution in [0.25, 0.3) is 0 Å². The Morgan fingerprint density at radius 3 is 2.35 bits per heavy atom. The van der Waals surface area contributed by atoms with Gasteiger partial charge in [-0.1, -0.05) is 19.9 Å². The van der Waals surface area contributed by atoms with E-state index in [2.05, 4.69) is 21.5 Å². The van der Waals surface area contributed by atoms with Crippen LogP contribution in [0.3, 0.4) is 0 Å². The minimum absolute atomic E-state index is 0.0649. The summed E-state index contributed by atoms with van der Waals surface area (Å²) in [4.78, 5) is 25.0. The first-order valence-corrected chi connectivity index (χ1v) is 8.61. The van der Waals surface area contributed by atoms with Gasteiger partial charge in [0.25, 0.3) is 11.8 Å². The van der Waals surface area contributed by atoms with Gasteiger partial charge in [0.15, 0.2) is 5.11 Å². The van der Waals surface area contributed by atoms with Crippen LogP contribution in [-0.4, -0.2) is 28.5 Å². The number of rotatable bonds is 4. The summed E-state index contributed by atoms with van der Waals surface area (Å²) in [5.74, 6) is -0.669. The first-order chi connectivity index (χ1) is 10.6. The molecular formula is C15H24N4O2S2. The van der Waals surface area contributed by atoms with E-state index in [0.29, 0.717) is 9.99 Å². The van der Waals surface area contributed by atoms with Crippen molar-refractivity contribution in [3.05, 3.63) is 22.4 Å². The van der Waals surface area contributed by atoms with Gasteiger partial charge in [-0.25, -0.2) is 0 Å². The number of nitrogens with one attached hydrogen (secondary N) is 4. The van der Waals surface area contributed by atoms with E-state index in [-0.39, 0.29) is 23.3 Å². The molecule has 0 spiro atoms. The fraction of sp³-hybridized carbons (Fsp3) is 0.533.